The molecule has 2 nitrogen and oxygen atoms in total. The lowest BCUT2D eigenvalue weighted by Crippen LogP contribution is -2.30. The van der Waals surface area contributed by atoms with Gasteiger partial charge in [-0.25, -0.2) is 0 Å². The van der Waals surface area contributed by atoms with Crippen LogP contribution in [-0.4, -0.2) is 23.1 Å². The fourth-order valence-electron chi connectivity index (χ4n) is 3.09. The van der Waals surface area contributed by atoms with Gasteiger partial charge in [0, 0.05) is 18.7 Å². The van der Waals surface area contributed by atoms with E-state index in [1.807, 2.05) is 30.0 Å². The summed E-state index contributed by atoms with van der Waals surface area (Å²) in [5, 5.41) is 0.175. The molecule has 1 amide bonds. The van der Waals surface area contributed by atoms with Crippen LogP contribution in [0.2, 0.25) is 0 Å². The second-order valence-corrected chi connectivity index (χ2v) is 7.81. The highest BCUT2D eigenvalue weighted by molar-refractivity contribution is 7.99. The number of rotatable bonds is 5. The first-order valence-corrected chi connectivity index (χ1v) is 9.75. The third kappa shape index (κ3) is 4.02. The Bertz CT molecular complexity index is 666. The largest absolute Gasteiger partial charge is 0.326 e. The normalized spacial score (nSPS) is 17.5. The Morgan fingerprint density at radius 3 is 2.50 bits per heavy atom. The Kier molecular flexibility index (Phi) is 5.62. The van der Waals surface area contributed by atoms with Gasteiger partial charge in [-0.05, 0) is 29.0 Å². The SMILES string of the molecule is CC(C)c1ccc(C2SCCN2C(=O)CCc2ccccc2)cc1. The topological polar surface area (TPSA) is 20.3 Å². The Labute approximate surface area is 149 Å². The maximum Gasteiger partial charge on any atom is 0.224 e. The van der Waals surface area contributed by atoms with Crippen LogP contribution in [0.15, 0.2) is 54.6 Å². The smallest absolute Gasteiger partial charge is 0.224 e. The number of hydrogen-bond donors (Lipinski definition) is 0. The summed E-state index contributed by atoms with van der Waals surface area (Å²) in [6.07, 6.45) is 1.41. The Morgan fingerprint density at radius 1 is 1.12 bits per heavy atom. The fraction of sp³-hybridized carbons (Fsp3) is 0.381. The summed E-state index contributed by atoms with van der Waals surface area (Å²) >= 11 is 1.87. The predicted molar refractivity (Wildman–Crippen MR) is 102 cm³/mol. The molecule has 1 aliphatic heterocycles. The van der Waals surface area contributed by atoms with Crippen molar-refractivity contribution in [2.75, 3.05) is 12.3 Å². The van der Waals surface area contributed by atoms with E-state index in [1.165, 1.54) is 16.7 Å². The van der Waals surface area contributed by atoms with E-state index in [4.69, 9.17) is 0 Å². The third-order valence-corrected chi connectivity index (χ3v) is 5.83. The van der Waals surface area contributed by atoms with E-state index in [0.29, 0.717) is 12.3 Å². The van der Waals surface area contributed by atoms with Crippen molar-refractivity contribution in [1.29, 1.82) is 0 Å². The number of nitrogens with zero attached hydrogens (tertiary/aromatic N) is 1. The summed E-state index contributed by atoms with van der Waals surface area (Å²) in [6.45, 7) is 5.27. The van der Waals surface area contributed by atoms with E-state index in [9.17, 15) is 4.79 Å². The molecule has 2 aromatic rings. The summed E-state index contributed by atoms with van der Waals surface area (Å²) in [5.41, 5.74) is 3.83. The van der Waals surface area contributed by atoms with Crippen LogP contribution in [0.4, 0.5) is 0 Å². The van der Waals surface area contributed by atoms with E-state index >= 15 is 0 Å². The lowest BCUT2D eigenvalue weighted by Gasteiger charge is -2.24. The highest BCUT2D eigenvalue weighted by Gasteiger charge is 2.30. The molecule has 1 fully saturated rings. The summed E-state index contributed by atoms with van der Waals surface area (Å²) < 4.78 is 0. The van der Waals surface area contributed by atoms with Gasteiger partial charge < -0.3 is 4.90 Å². The van der Waals surface area contributed by atoms with E-state index < -0.39 is 0 Å². The molecule has 1 atom stereocenters. The summed E-state index contributed by atoms with van der Waals surface area (Å²) in [6, 6.07) is 19.0. The minimum absolute atomic E-state index is 0.175. The van der Waals surface area contributed by atoms with Gasteiger partial charge in [0.1, 0.15) is 5.37 Å². The molecule has 0 aromatic heterocycles. The number of aryl methyl sites for hydroxylation is 1. The van der Waals surface area contributed by atoms with Crippen molar-refractivity contribution in [1.82, 2.24) is 4.90 Å². The zero-order valence-electron chi connectivity index (χ0n) is 14.4. The van der Waals surface area contributed by atoms with Crippen LogP contribution in [0.5, 0.6) is 0 Å². The van der Waals surface area contributed by atoms with Crippen molar-refractivity contribution in [3.8, 4) is 0 Å². The van der Waals surface area contributed by atoms with Crippen LogP contribution in [0.25, 0.3) is 0 Å². The number of carbonyl (C=O) groups excluding carboxylic acids is 1. The molecular formula is C21H25NOS. The minimum Gasteiger partial charge on any atom is -0.326 e. The van der Waals surface area contributed by atoms with Crippen molar-refractivity contribution in [3.63, 3.8) is 0 Å². The molecule has 1 aliphatic rings. The Hall–Kier alpha value is -1.74. The number of benzene rings is 2. The van der Waals surface area contributed by atoms with E-state index in [-0.39, 0.29) is 11.3 Å². The summed E-state index contributed by atoms with van der Waals surface area (Å²) in [4.78, 5) is 14.7. The molecule has 1 heterocycles. The molecular weight excluding hydrogens is 314 g/mol. The lowest BCUT2D eigenvalue weighted by molar-refractivity contribution is -0.131. The second-order valence-electron chi connectivity index (χ2n) is 6.62. The molecule has 0 N–H and O–H groups in total. The van der Waals surface area contributed by atoms with Crippen LogP contribution >= 0.6 is 11.8 Å². The van der Waals surface area contributed by atoms with Crippen LogP contribution in [0, 0.1) is 0 Å². The van der Waals surface area contributed by atoms with Gasteiger partial charge in [-0.15, -0.1) is 11.8 Å². The van der Waals surface area contributed by atoms with E-state index in [2.05, 4.69) is 55.1 Å². The third-order valence-electron chi connectivity index (χ3n) is 4.57. The van der Waals surface area contributed by atoms with E-state index in [1.54, 1.807) is 0 Å². The van der Waals surface area contributed by atoms with Gasteiger partial charge in [0.25, 0.3) is 0 Å². The van der Waals surface area contributed by atoms with Crippen molar-refractivity contribution < 1.29 is 4.79 Å². The molecule has 126 valence electrons. The molecule has 0 radical (unpaired) electrons. The van der Waals surface area contributed by atoms with Gasteiger partial charge in [0.2, 0.25) is 5.91 Å². The quantitative estimate of drug-likeness (QED) is 0.762. The zero-order chi connectivity index (χ0) is 16.9. The Balaban J connectivity index is 1.65. The van der Waals surface area contributed by atoms with Gasteiger partial charge in [0.05, 0.1) is 0 Å². The predicted octanol–water partition coefficient (Wildman–Crippen LogP) is 5.02. The van der Waals surface area contributed by atoms with Crippen molar-refractivity contribution >= 4 is 17.7 Å². The van der Waals surface area contributed by atoms with Crippen molar-refractivity contribution in [2.24, 2.45) is 0 Å². The van der Waals surface area contributed by atoms with Gasteiger partial charge in [0.15, 0.2) is 0 Å². The highest BCUT2D eigenvalue weighted by Crippen LogP contribution is 2.38. The van der Waals surface area contributed by atoms with Crippen LogP contribution < -0.4 is 0 Å². The number of carbonyl (C=O) groups is 1. The average Bonchev–Trinajstić information content (AvgIpc) is 3.10. The fourth-order valence-corrected chi connectivity index (χ4v) is 4.36. The number of thioether (sulfide) groups is 1. The molecule has 1 saturated heterocycles. The molecule has 3 heteroatoms. The van der Waals surface area contributed by atoms with Crippen LogP contribution in [0.1, 0.15) is 48.3 Å². The first kappa shape index (κ1) is 17.1. The molecule has 0 spiro atoms. The molecule has 0 saturated carbocycles. The number of hydrogen-bond acceptors (Lipinski definition) is 2. The maximum absolute atomic E-state index is 12.7. The summed E-state index contributed by atoms with van der Waals surface area (Å²) in [5.74, 6) is 1.83. The highest BCUT2D eigenvalue weighted by atomic mass is 32.2. The lowest BCUT2D eigenvalue weighted by atomic mass is 10.0. The van der Waals surface area contributed by atoms with Crippen LogP contribution in [-0.2, 0) is 11.2 Å². The van der Waals surface area contributed by atoms with Gasteiger partial charge >= 0.3 is 0 Å². The van der Waals surface area contributed by atoms with Gasteiger partial charge in [-0.2, -0.15) is 0 Å². The van der Waals surface area contributed by atoms with Crippen molar-refractivity contribution in [3.05, 3.63) is 71.3 Å². The standard InChI is InChI=1S/C21H25NOS/c1-16(2)18-9-11-19(12-10-18)21-22(14-15-24-21)20(23)13-8-17-6-4-3-5-7-17/h3-7,9-12,16,21H,8,13-15H2,1-2H3. The zero-order valence-corrected chi connectivity index (χ0v) is 15.3. The second kappa shape index (κ2) is 7.89. The first-order valence-electron chi connectivity index (χ1n) is 8.70. The first-order chi connectivity index (χ1) is 11.6. The monoisotopic (exact) mass is 339 g/mol. The molecule has 3 rings (SSSR count). The van der Waals surface area contributed by atoms with Gasteiger partial charge in [-0.3, -0.25) is 4.79 Å². The maximum atomic E-state index is 12.7. The summed E-state index contributed by atoms with van der Waals surface area (Å²) in [7, 11) is 0. The molecule has 0 bridgehead atoms. The van der Waals surface area contributed by atoms with Gasteiger partial charge in [-0.1, -0.05) is 68.4 Å². The van der Waals surface area contributed by atoms with Crippen LogP contribution in [0.3, 0.4) is 0 Å². The van der Waals surface area contributed by atoms with Crippen molar-refractivity contribution in [2.45, 2.75) is 38.0 Å². The van der Waals surface area contributed by atoms with E-state index in [0.717, 1.165) is 18.7 Å². The molecule has 1 unspecified atom stereocenters. The molecule has 2 aromatic carbocycles. The molecule has 24 heavy (non-hydrogen) atoms. The Morgan fingerprint density at radius 2 is 1.83 bits per heavy atom. The number of amides is 1. The minimum atomic E-state index is 0.175. The molecule has 0 aliphatic carbocycles. The average molecular weight is 340 g/mol.